The highest BCUT2D eigenvalue weighted by Gasteiger charge is 2.46. The van der Waals surface area contributed by atoms with E-state index in [1.165, 1.54) is 0 Å². The molecule has 0 saturated carbocycles. The first-order valence-corrected chi connectivity index (χ1v) is 12.1. The van der Waals surface area contributed by atoms with E-state index in [4.69, 9.17) is 14.2 Å². The molecule has 9 nitrogen and oxygen atoms in total. The maximum Gasteiger partial charge on any atom is 0.335 e. The molecular weight excluding hydrogens is 472 g/mol. The molecule has 0 bridgehead atoms. The number of hydrogen-bond donors (Lipinski definition) is 0. The first-order chi connectivity index (χ1) is 18.0. The topological polar surface area (TPSA) is 114 Å². The highest BCUT2D eigenvalue weighted by molar-refractivity contribution is 5.83. The molecule has 2 aliphatic rings. The van der Waals surface area contributed by atoms with Crippen LogP contribution in [-0.4, -0.2) is 35.7 Å². The van der Waals surface area contributed by atoms with Gasteiger partial charge in [0.05, 0.1) is 19.6 Å². The average Bonchev–Trinajstić information content (AvgIpc) is 3.28. The number of carbonyl (C=O) groups is 2. The number of amides is 1. The predicted octanol–water partition coefficient (Wildman–Crippen LogP) is 5.50. The second-order valence-corrected chi connectivity index (χ2v) is 8.97. The summed E-state index contributed by atoms with van der Waals surface area (Å²) in [4.78, 5) is 29.4. The SMILES string of the molecule is C[C@H](OCc1cccc([C@@H]2CN3C(=O)C[C@@H]3O2)c1N=[N+]=[N-])C(=O)OC(c1ccccc1)c1ccccc1. The van der Waals surface area contributed by atoms with Crippen molar-refractivity contribution in [3.05, 3.63) is 112 Å². The van der Waals surface area contributed by atoms with Crippen LogP contribution in [0.25, 0.3) is 10.4 Å². The molecule has 2 aliphatic heterocycles. The number of nitrogens with zero attached hydrogens (tertiary/aromatic N) is 4. The smallest absolute Gasteiger partial charge is 0.335 e. The van der Waals surface area contributed by atoms with Crippen LogP contribution in [0.3, 0.4) is 0 Å². The maximum atomic E-state index is 13.0. The molecule has 0 aromatic heterocycles. The van der Waals surface area contributed by atoms with E-state index >= 15 is 0 Å². The molecule has 3 aromatic carbocycles. The summed E-state index contributed by atoms with van der Waals surface area (Å²) in [7, 11) is 0. The molecule has 5 rings (SSSR count). The molecule has 0 unspecified atom stereocenters. The Morgan fingerprint density at radius 1 is 1.08 bits per heavy atom. The van der Waals surface area contributed by atoms with Crippen molar-refractivity contribution < 1.29 is 23.8 Å². The summed E-state index contributed by atoms with van der Waals surface area (Å²) in [5, 5.41) is 3.89. The summed E-state index contributed by atoms with van der Waals surface area (Å²) in [5.74, 6) is -0.463. The highest BCUT2D eigenvalue weighted by Crippen LogP contribution is 2.41. The third-order valence-corrected chi connectivity index (χ3v) is 6.60. The largest absolute Gasteiger partial charge is 0.451 e. The third-order valence-electron chi connectivity index (χ3n) is 6.60. The zero-order chi connectivity index (χ0) is 25.8. The second kappa shape index (κ2) is 10.8. The van der Waals surface area contributed by atoms with Crippen LogP contribution in [0.15, 0.2) is 84.0 Å². The van der Waals surface area contributed by atoms with Crippen molar-refractivity contribution in [3.63, 3.8) is 0 Å². The van der Waals surface area contributed by atoms with Gasteiger partial charge in [-0.15, -0.1) is 0 Å². The lowest BCUT2D eigenvalue weighted by atomic mass is 10.0. The van der Waals surface area contributed by atoms with Crippen molar-refractivity contribution in [2.24, 2.45) is 5.11 Å². The molecule has 3 aromatic rings. The maximum absolute atomic E-state index is 13.0. The van der Waals surface area contributed by atoms with Crippen LogP contribution in [0.2, 0.25) is 0 Å². The lowest BCUT2D eigenvalue weighted by Crippen LogP contribution is -2.48. The predicted molar refractivity (Wildman–Crippen MR) is 134 cm³/mol. The first-order valence-electron chi connectivity index (χ1n) is 12.1. The van der Waals surface area contributed by atoms with Gasteiger partial charge in [-0.1, -0.05) is 84.0 Å². The van der Waals surface area contributed by atoms with Crippen molar-refractivity contribution in [2.45, 2.75) is 44.5 Å². The molecule has 188 valence electrons. The highest BCUT2D eigenvalue weighted by atomic mass is 16.6. The van der Waals surface area contributed by atoms with Crippen molar-refractivity contribution in [1.82, 2.24) is 4.90 Å². The van der Waals surface area contributed by atoms with E-state index in [1.54, 1.807) is 17.9 Å². The van der Waals surface area contributed by atoms with Gasteiger partial charge in [0.2, 0.25) is 5.91 Å². The summed E-state index contributed by atoms with van der Waals surface area (Å²) in [6, 6.07) is 24.5. The molecule has 9 heteroatoms. The molecule has 1 amide bonds. The minimum absolute atomic E-state index is 0.0264. The van der Waals surface area contributed by atoms with Gasteiger partial charge in [0.25, 0.3) is 0 Å². The fraction of sp³-hybridized carbons (Fsp3) is 0.286. The minimum Gasteiger partial charge on any atom is -0.451 e. The van der Waals surface area contributed by atoms with Gasteiger partial charge in [-0.2, -0.15) is 0 Å². The van der Waals surface area contributed by atoms with Gasteiger partial charge in [-0.25, -0.2) is 4.79 Å². The number of fused-ring (bicyclic) bond motifs is 1. The van der Waals surface area contributed by atoms with Crippen LogP contribution in [0, 0.1) is 0 Å². The molecule has 0 N–H and O–H groups in total. The molecular formula is C28H26N4O5. The van der Waals surface area contributed by atoms with E-state index in [2.05, 4.69) is 10.0 Å². The summed E-state index contributed by atoms with van der Waals surface area (Å²) >= 11 is 0. The second-order valence-electron chi connectivity index (χ2n) is 8.97. The fourth-order valence-corrected chi connectivity index (χ4v) is 4.58. The summed E-state index contributed by atoms with van der Waals surface area (Å²) in [6.45, 7) is 2.06. The number of benzene rings is 3. The Labute approximate surface area is 214 Å². The van der Waals surface area contributed by atoms with Gasteiger partial charge in [0, 0.05) is 10.6 Å². The number of esters is 1. The number of azide groups is 1. The Bertz CT molecular complexity index is 1290. The number of carbonyl (C=O) groups excluding carboxylic acids is 2. The van der Waals surface area contributed by atoms with Gasteiger partial charge in [0.15, 0.2) is 12.2 Å². The van der Waals surface area contributed by atoms with E-state index in [-0.39, 0.29) is 18.7 Å². The van der Waals surface area contributed by atoms with E-state index in [0.29, 0.717) is 29.8 Å². The van der Waals surface area contributed by atoms with Crippen LogP contribution >= 0.6 is 0 Å². The van der Waals surface area contributed by atoms with Crippen molar-refractivity contribution in [1.29, 1.82) is 0 Å². The molecule has 0 radical (unpaired) electrons. The lowest BCUT2D eigenvalue weighted by Gasteiger charge is -2.31. The molecule has 37 heavy (non-hydrogen) atoms. The number of β-lactam (4-membered cyclic amide) rings is 1. The van der Waals surface area contributed by atoms with Gasteiger partial charge >= 0.3 is 5.97 Å². The van der Waals surface area contributed by atoms with E-state index in [9.17, 15) is 15.1 Å². The minimum atomic E-state index is -0.875. The number of hydrogen-bond acceptors (Lipinski definition) is 6. The van der Waals surface area contributed by atoms with Gasteiger partial charge in [-0.3, -0.25) is 4.79 Å². The number of rotatable bonds is 9. The zero-order valence-corrected chi connectivity index (χ0v) is 20.3. The Balaban J connectivity index is 1.29. The third kappa shape index (κ3) is 5.20. The van der Waals surface area contributed by atoms with Gasteiger partial charge in [-0.05, 0) is 34.7 Å². The number of ether oxygens (including phenoxy) is 3. The molecule has 0 aliphatic carbocycles. The summed E-state index contributed by atoms with van der Waals surface area (Å²) in [5.41, 5.74) is 12.6. The Kier molecular flexibility index (Phi) is 7.18. The Morgan fingerprint density at radius 3 is 2.35 bits per heavy atom. The summed E-state index contributed by atoms with van der Waals surface area (Å²) < 4.78 is 17.7. The Morgan fingerprint density at radius 2 is 1.76 bits per heavy atom. The Hall–Kier alpha value is -4.17. The molecule has 2 saturated heterocycles. The van der Waals surface area contributed by atoms with Gasteiger partial charge < -0.3 is 19.1 Å². The standard InChI is InChI=1S/C28H26N4O5/c1-18(28(34)37-27(19-9-4-2-5-10-19)20-11-6-3-7-12-20)35-17-21-13-8-14-22(26(21)30-31-29)23-16-32-24(33)15-25(32)36-23/h2-14,18,23,25,27H,15-17H2,1H3/t18-,23-,25-/m0/s1. The molecule has 2 fully saturated rings. The normalized spacial score (nSPS) is 19.1. The van der Waals surface area contributed by atoms with Crippen LogP contribution in [-0.2, 0) is 30.4 Å². The summed E-state index contributed by atoms with van der Waals surface area (Å²) in [6.07, 6.45) is -1.71. The average molecular weight is 499 g/mol. The lowest BCUT2D eigenvalue weighted by molar-refractivity contribution is -0.161. The first kappa shape index (κ1) is 24.5. The van der Waals surface area contributed by atoms with E-state index in [0.717, 1.165) is 11.1 Å². The quantitative estimate of drug-likeness (QED) is 0.127. The monoisotopic (exact) mass is 498 g/mol. The van der Waals surface area contributed by atoms with Crippen molar-refractivity contribution in [3.8, 4) is 0 Å². The van der Waals surface area contributed by atoms with Crippen LogP contribution in [0.5, 0.6) is 0 Å². The molecule has 2 heterocycles. The molecule has 3 atom stereocenters. The van der Waals surface area contributed by atoms with Crippen LogP contribution in [0.1, 0.15) is 47.8 Å². The van der Waals surface area contributed by atoms with Crippen molar-refractivity contribution >= 4 is 17.6 Å². The van der Waals surface area contributed by atoms with Crippen molar-refractivity contribution in [2.75, 3.05) is 6.54 Å². The van der Waals surface area contributed by atoms with Gasteiger partial charge in [0.1, 0.15) is 12.3 Å². The fourth-order valence-electron chi connectivity index (χ4n) is 4.58. The van der Waals surface area contributed by atoms with E-state index < -0.39 is 24.3 Å². The molecule has 0 spiro atoms. The van der Waals surface area contributed by atoms with E-state index in [1.807, 2.05) is 72.8 Å². The van der Waals surface area contributed by atoms with Crippen LogP contribution in [0.4, 0.5) is 5.69 Å². The zero-order valence-electron chi connectivity index (χ0n) is 20.3. The van der Waals surface area contributed by atoms with Crippen LogP contribution < -0.4 is 0 Å².